The van der Waals surface area contributed by atoms with E-state index in [1.165, 1.54) is 39.3 Å². The van der Waals surface area contributed by atoms with Gasteiger partial charge in [-0.15, -0.1) is 0 Å². The summed E-state index contributed by atoms with van der Waals surface area (Å²) in [6, 6.07) is 4.13. The van der Waals surface area contributed by atoms with Gasteiger partial charge in [-0.25, -0.2) is 13.1 Å². The first kappa shape index (κ1) is 19.7. The minimum Gasteiger partial charge on any atom is -0.487 e. The fourth-order valence-electron chi connectivity index (χ4n) is 1.65. The summed E-state index contributed by atoms with van der Waals surface area (Å²) in [6.07, 6.45) is -1.30. The number of hydrogen-bond acceptors (Lipinski definition) is 6. The summed E-state index contributed by atoms with van der Waals surface area (Å²) in [5, 5.41) is 0.198. The predicted molar refractivity (Wildman–Crippen MR) is 85.2 cm³/mol. The van der Waals surface area contributed by atoms with Gasteiger partial charge in [0.25, 0.3) is 15.9 Å². The van der Waals surface area contributed by atoms with Gasteiger partial charge in [0, 0.05) is 19.2 Å². The average molecular weight is 366 g/mol. The molecule has 0 aliphatic carbocycles. The average Bonchev–Trinajstić information content (AvgIpc) is 2.47. The van der Waals surface area contributed by atoms with E-state index in [0.717, 1.165) is 0 Å². The van der Waals surface area contributed by atoms with Gasteiger partial charge < -0.3 is 14.2 Å². The van der Waals surface area contributed by atoms with Crippen LogP contribution in [0.1, 0.15) is 13.8 Å². The van der Waals surface area contributed by atoms with E-state index in [1.807, 2.05) is 4.72 Å². The Balaban J connectivity index is 3.13. The molecule has 0 spiro atoms. The summed E-state index contributed by atoms with van der Waals surface area (Å²) in [7, 11) is -1.35. The van der Waals surface area contributed by atoms with Crippen LogP contribution in [0.3, 0.4) is 0 Å². The highest BCUT2D eigenvalue weighted by atomic mass is 35.5. The summed E-state index contributed by atoms with van der Waals surface area (Å²) >= 11 is 5.86. The Hall–Kier alpha value is -1.35. The minimum atomic E-state index is -4.16. The van der Waals surface area contributed by atoms with Crippen LogP contribution in [0.25, 0.3) is 0 Å². The topological polar surface area (TPSA) is 90.9 Å². The number of amides is 1. The molecule has 23 heavy (non-hydrogen) atoms. The van der Waals surface area contributed by atoms with E-state index in [4.69, 9.17) is 25.8 Å². The first-order valence-corrected chi connectivity index (χ1v) is 8.62. The number of sulfonamides is 1. The van der Waals surface area contributed by atoms with E-state index in [2.05, 4.69) is 0 Å². The molecule has 0 aliphatic rings. The van der Waals surface area contributed by atoms with E-state index < -0.39 is 22.0 Å². The zero-order chi connectivity index (χ0) is 17.6. The maximum atomic E-state index is 12.4. The lowest BCUT2D eigenvalue weighted by atomic mass is 10.3. The Morgan fingerprint density at radius 1 is 1.30 bits per heavy atom. The molecule has 0 aromatic heterocycles. The van der Waals surface area contributed by atoms with Gasteiger partial charge in [-0.05, 0) is 32.0 Å². The Morgan fingerprint density at radius 2 is 1.96 bits per heavy atom. The van der Waals surface area contributed by atoms with E-state index >= 15 is 0 Å². The van der Waals surface area contributed by atoms with Crippen LogP contribution in [0.5, 0.6) is 5.75 Å². The molecule has 7 nitrogen and oxygen atoms in total. The van der Waals surface area contributed by atoms with Gasteiger partial charge in [-0.3, -0.25) is 4.79 Å². The molecule has 2 atom stereocenters. The lowest BCUT2D eigenvalue weighted by Crippen LogP contribution is -2.38. The fourth-order valence-corrected chi connectivity index (χ4v) is 3.09. The quantitative estimate of drug-likeness (QED) is 0.752. The summed E-state index contributed by atoms with van der Waals surface area (Å²) < 4.78 is 42.1. The molecule has 9 heteroatoms. The smallest absolute Gasteiger partial charge is 0.267 e. The second-order valence-corrected chi connectivity index (χ2v) is 6.91. The largest absolute Gasteiger partial charge is 0.487 e. The second kappa shape index (κ2) is 8.49. The molecule has 0 saturated heterocycles. The molecule has 0 aliphatic heterocycles. The maximum absolute atomic E-state index is 12.4. The third-order valence-corrected chi connectivity index (χ3v) is 4.49. The monoisotopic (exact) mass is 365 g/mol. The lowest BCUT2D eigenvalue weighted by molar-refractivity contribution is -0.128. The standard InChI is InChI=1S/C14H20ClNO6S/c1-9(8-20-3)22-12-6-5-11(15)7-13(12)23(18,19)16-14(17)10(2)21-4/h5-7,9-10H,8H2,1-4H3,(H,16,17). The van der Waals surface area contributed by atoms with Crippen molar-refractivity contribution in [2.24, 2.45) is 0 Å². The van der Waals surface area contributed by atoms with Gasteiger partial charge in [0.2, 0.25) is 0 Å². The van der Waals surface area contributed by atoms with Gasteiger partial charge >= 0.3 is 0 Å². The first-order chi connectivity index (χ1) is 10.7. The van der Waals surface area contributed by atoms with Crippen molar-refractivity contribution in [3.63, 3.8) is 0 Å². The highest BCUT2D eigenvalue weighted by Crippen LogP contribution is 2.28. The van der Waals surface area contributed by atoms with Gasteiger partial charge in [0.05, 0.1) is 6.61 Å². The van der Waals surface area contributed by atoms with Crippen molar-refractivity contribution in [3.8, 4) is 5.75 Å². The summed E-state index contributed by atoms with van der Waals surface area (Å²) in [4.78, 5) is 11.5. The molecule has 1 aromatic rings. The first-order valence-electron chi connectivity index (χ1n) is 6.76. The summed E-state index contributed by atoms with van der Waals surface area (Å²) in [5.74, 6) is -0.715. The molecule has 1 N–H and O–H groups in total. The summed E-state index contributed by atoms with van der Waals surface area (Å²) in [5.41, 5.74) is 0. The zero-order valence-electron chi connectivity index (χ0n) is 13.3. The molecule has 1 rings (SSSR count). The number of ether oxygens (including phenoxy) is 3. The van der Waals surface area contributed by atoms with Gasteiger partial charge in [0.15, 0.2) is 0 Å². The highest BCUT2D eigenvalue weighted by molar-refractivity contribution is 7.90. The van der Waals surface area contributed by atoms with Crippen LogP contribution in [-0.4, -0.2) is 47.4 Å². The van der Waals surface area contributed by atoms with E-state index in [-0.39, 0.29) is 28.4 Å². The van der Waals surface area contributed by atoms with Crippen LogP contribution in [0, 0.1) is 0 Å². The normalized spacial score (nSPS) is 14.1. The number of rotatable bonds is 8. The van der Waals surface area contributed by atoms with Crippen LogP contribution in [0.4, 0.5) is 0 Å². The fraction of sp³-hybridized carbons (Fsp3) is 0.500. The van der Waals surface area contributed by atoms with Crippen molar-refractivity contribution < 1.29 is 27.4 Å². The molecule has 0 bridgehead atoms. The third kappa shape index (κ3) is 5.65. The number of hydrogen-bond donors (Lipinski definition) is 1. The van der Waals surface area contributed by atoms with E-state index in [0.29, 0.717) is 0 Å². The van der Waals surface area contributed by atoms with Gasteiger partial charge in [0.1, 0.15) is 22.9 Å². The van der Waals surface area contributed by atoms with Crippen molar-refractivity contribution in [1.29, 1.82) is 0 Å². The van der Waals surface area contributed by atoms with Crippen molar-refractivity contribution in [3.05, 3.63) is 23.2 Å². The molecule has 1 aromatic carbocycles. The number of benzene rings is 1. The lowest BCUT2D eigenvalue weighted by Gasteiger charge is -2.18. The third-order valence-electron chi connectivity index (χ3n) is 2.88. The van der Waals surface area contributed by atoms with Crippen molar-refractivity contribution >= 4 is 27.5 Å². The van der Waals surface area contributed by atoms with Crippen LogP contribution >= 0.6 is 11.6 Å². The second-order valence-electron chi connectivity index (χ2n) is 4.82. The van der Waals surface area contributed by atoms with Crippen molar-refractivity contribution in [2.75, 3.05) is 20.8 Å². The number of carbonyl (C=O) groups is 1. The van der Waals surface area contributed by atoms with Gasteiger partial charge in [-0.2, -0.15) is 0 Å². The highest BCUT2D eigenvalue weighted by Gasteiger charge is 2.26. The van der Waals surface area contributed by atoms with Crippen molar-refractivity contribution in [2.45, 2.75) is 31.0 Å². The number of carbonyl (C=O) groups excluding carboxylic acids is 1. The predicted octanol–water partition coefficient (Wildman–Crippen LogP) is 1.59. The maximum Gasteiger partial charge on any atom is 0.267 e. The minimum absolute atomic E-state index is 0.0734. The molecule has 0 fully saturated rings. The Morgan fingerprint density at radius 3 is 2.52 bits per heavy atom. The van der Waals surface area contributed by atoms with Crippen LogP contribution in [0.2, 0.25) is 5.02 Å². The Bertz CT molecular complexity index is 649. The van der Waals surface area contributed by atoms with E-state index in [9.17, 15) is 13.2 Å². The number of methoxy groups -OCH3 is 2. The molecule has 0 saturated carbocycles. The van der Waals surface area contributed by atoms with Crippen molar-refractivity contribution in [1.82, 2.24) is 4.72 Å². The Labute approximate surface area is 140 Å². The molecule has 0 heterocycles. The molecule has 0 radical (unpaired) electrons. The molecule has 2 unspecified atom stereocenters. The molecular weight excluding hydrogens is 346 g/mol. The van der Waals surface area contributed by atoms with Crippen LogP contribution in [0.15, 0.2) is 23.1 Å². The summed E-state index contributed by atoms with van der Waals surface area (Å²) in [6.45, 7) is 3.43. The number of halogens is 1. The van der Waals surface area contributed by atoms with E-state index in [1.54, 1.807) is 6.92 Å². The molecule has 1 amide bonds. The molecular formula is C14H20ClNO6S. The SMILES string of the molecule is COCC(C)Oc1ccc(Cl)cc1S(=O)(=O)NC(=O)C(C)OC. The van der Waals surface area contributed by atoms with Crippen LogP contribution < -0.4 is 9.46 Å². The zero-order valence-corrected chi connectivity index (χ0v) is 14.9. The Kier molecular flexibility index (Phi) is 7.27. The van der Waals surface area contributed by atoms with Crippen LogP contribution in [-0.2, 0) is 24.3 Å². The molecule has 130 valence electrons. The number of nitrogens with one attached hydrogen (secondary N) is 1. The van der Waals surface area contributed by atoms with Gasteiger partial charge in [-0.1, -0.05) is 11.6 Å².